The molecule has 11 N–H and O–H groups in total. The molecular weight excluding hydrogens is 666 g/mol. The van der Waals surface area contributed by atoms with Crippen molar-refractivity contribution in [3.63, 3.8) is 0 Å². The van der Waals surface area contributed by atoms with Gasteiger partial charge in [0.1, 0.15) is 48.5 Å². The number of phosphoric acid groups is 2. The number of phosphoric ester groups is 2. The number of nitrogens with one attached hydrogen (secondary N) is 1. The van der Waals surface area contributed by atoms with Crippen molar-refractivity contribution in [2.75, 3.05) is 24.7 Å². The molecule has 0 amide bonds. The Labute approximate surface area is 254 Å². The number of nitrogens with two attached hydrogens (primary N) is 2. The largest absolute Gasteiger partial charge is 0.472 e. The van der Waals surface area contributed by atoms with Crippen LogP contribution >= 0.6 is 15.6 Å². The van der Waals surface area contributed by atoms with Crippen LogP contribution in [0.15, 0.2) is 23.8 Å². The van der Waals surface area contributed by atoms with E-state index >= 15 is 0 Å². The first-order chi connectivity index (χ1) is 21.6. The molecule has 6 rings (SSSR count). The number of fused-ring (bicyclic) bond motifs is 2. The van der Waals surface area contributed by atoms with E-state index in [-0.39, 0.29) is 34.1 Å². The molecule has 2 aliphatic heterocycles. The maximum atomic E-state index is 13.0. The molecule has 4 aromatic heterocycles. The minimum Gasteiger partial charge on any atom is -0.387 e. The number of aromatic nitrogens is 8. The zero-order chi connectivity index (χ0) is 33.1. The molecule has 1 unspecified atom stereocenters. The van der Waals surface area contributed by atoms with Crippen LogP contribution in [0.4, 0.5) is 11.8 Å². The molecule has 0 aromatic carbocycles. The predicted molar refractivity (Wildman–Crippen MR) is 147 cm³/mol. The van der Waals surface area contributed by atoms with Crippen LogP contribution in [-0.2, 0) is 32.2 Å². The second kappa shape index (κ2) is 12.0. The van der Waals surface area contributed by atoms with Gasteiger partial charge in [-0.1, -0.05) is 0 Å². The number of aromatic amines is 1. The molecule has 9 atom stereocenters. The highest BCUT2D eigenvalue weighted by Crippen LogP contribution is 2.50. The minimum absolute atomic E-state index is 0.00219. The highest BCUT2D eigenvalue weighted by atomic mass is 31.2. The molecule has 2 saturated heterocycles. The Hall–Kier alpha value is -3.48. The van der Waals surface area contributed by atoms with E-state index in [0.29, 0.717) is 0 Å². The first-order valence-corrected chi connectivity index (χ1v) is 16.0. The first kappa shape index (κ1) is 32.5. The first-order valence-electron chi connectivity index (χ1n) is 13.0. The fourth-order valence-corrected chi connectivity index (χ4v) is 6.32. The van der Waals surface area contributed by atoms with Gasteiger partial charge in [-0.15, -0.1) is 0 Å². The summed E-state index contributed by atoms with van der Waals surface area (Å²) in [4.78, 5) is 63.0. The van der Waals surface area contributed by atoms with Crippen LogP contribution in [0, 0.1) is 0 Å². The van der Waals surface area contributed by atoms with E-state index in [1.165, 1.54) is 10.9 Å². The SMILES string of the molecule is Nc1nc2c(ncn2[C@@H]2O[C@H](COP(=O)(O)O[C@H]3[C@@H](O)[C@H](n4cnc5c(N)ncnc54)O[C@@H]3COP(=O)(O)O)[C@@H](O)[C@H]2O)c(=O)[nH]1. The van der Waals surface area contributed by atoms with Crippen molar-refractivity contribution >= 4 is 49.7 Å². The van der Waals surface area contributed by atoms with Crippen LogP contribution in [0.5, 0.6) is 0 Å². The van der Waals surface area contributed by atoms with Gasteiger partial charge in [0.25, 0.3) is 5.56 Å². The molecule has 6 heterocycles. The van der Waals surface area contributed by atoms with E-state index in [1.807, 2.05) is 0 Å². The van der Waals surface area contributed by atoms with Gasteiger partial charge in [0, 0.05) is 0 Å². The van der Waals surface area contributed by atoms with Gasteiger partial charge < -0.3 is 50.9 Å². The highest BCUT2D eigenvalue weighted by Gasteiger charge is 2.51. The Morgan fingerprint density at radius 2 is 1.48 bits per heavy atom. The summed E-state index contributed by atoms with van der Waals surface area (Å²) in [7, 11) is -10.3. The standard InChI is InChI=1S/C20H26N10O14P2/c21-14-8-15(24-3-23-14)29(4-25-8)19-12(33)13(7(43-19)2-40-45(35,36)37)44-46(38,39)41-1-6-10(31)11(32)18(42-6)30-5-26-9-16(30)27-20(22)28-17(9)34/h3-7,10-13,18-19,31-33H,1-2H2,(H,38,39)(H2,21,23,24)(H2,35,36,37)(H3,22,27,28,34)/t6-,7-,10-,11-,12-,13-,18-,19-/m1/s1. The third-order valence-electron chi connectivity index (χ3n) is 7.10. The van der Waals surface area contributed by atoms with Crippen LogP contribution in [0.2, 0.25) is 0 Å². The molecule has 2 fully saturated rings. The summed E-state index contributed by atoms with van der Waals surface area (Å²) in [6.07, 6.45) is -9.41. The quantitative estimate of drug-likeness (QED) is 0.0731. The second-order valence-corrected chi connectivity index (χ2v) is 12.7. The lowest BCUT2D eigenvalue weighted by molar-refractivity contribution is -0.0582. The van der Waals surface area contributed by atoms with Gasteiger partial charge in [-0.2, -0.15) is 4.98 Å². The molecule has 250 valence electrons. The van der Waals surface area contributed by atoms with Gasteiger partial charge in [-0.3, -0.25) is 32.5 Å². The number of aliphatic hydroxyl groups excluding tert-OH is 3. The van der Waals surface area contributed by atoms with Gasteiger partial charge in [-0.25, -0.2) is 29.1 Å². The Kier molecular flexibility index (Phi) is 8.43. The number of ether oxygens (including phenoxy) is 2. The zero-order valence-corrected chi connectivity index (χ0v) is 24.7. The number of nitrogen functional groups attached to an aromatic ring is 2. The molecule has 4 aromatic rings. The fourth-order valence-electron chi connectivity index (χ4n) is 5.02. The number of imidazole rings is 2. The third kappa shape index (κ3) is 6.14. The van der Waals surface area contributed by atoms with Crippen molar-refractivity contribution in [3.8, 4) is 0 Å². The average Bonchev–Trinajstić information content (AvgIpc) is 3.73. The molecule has 46 heavy (non-hydrogen) atoms. The lowest BCUT2D eigenvalue weighted by Gasteiger charge is -2.24. The fraction of sp³-hybridized carbons (Fsp3) is 0.500. The molecule has 26 heteroatoms. The summed E-state index contributed by atoms with van der Waals surface area (Å²) in [5.74, 6) is -0.258. The molecule has 24 nitrogen and oxygen atoms in total. The van der Waals surface area contributed by atoms with Gasteiger partial charge in [0.2, 0.25) is 5.95 Å². The van der Waals surface area contributed by atoms with E-state index in [2.05, 4.69) is 34.4 Å². The second-order valence-electron chi connectivity index (χ2n) is 10.1. The summed E-state index contributed by atoms with van der Waals surface area (Å²) >= 11 is 0. The van der Waals surface area contributed by atoms with Crippen LogP contribution in [0.1, 0.15) is 12.5 Å². The summed E-state index contributed by atoms with van der Waals surface area (Å²) < 4.78 is 52.7. The van der Waals surface area contributed by atoms with Crippen molar-refractivity contribution in [1.29, 1.82) is 0 Å². The van der Waals surface area contributed by atoms with E-state index in [9.17, 15) is 43.9 Å². The predicted octanol–water partition coefficient (Wildman–Crippen LogP) is -3.39. The number of nitrogens with zero attached hydrogens (tertiary/aromatic N) is 7. The van der Waals surface area contributed by atoms with Crippen molar-refractivity contribution in [2.24, 2.45) is 0 Å². The van der Waals surface area contributed by atoms with E-state index in [0.717, 1.165) is 17.2 Å². The monoisotopic (exact) mass is 692 g/mol. The van der Waals surface area contributed by atoms with Crippen molar-refractivity contribution in [2.45, 2.75) is 49.1 Å². The van der Waals surface area contributed by atoms with Crippen LogP contribution < -0.4 is 17.0 Å². The lowest BCUT2D eigenvalue weighted by atomic mass is 10.1. The van der Waals surface area contributed by atoms with Gasteiger partial charge in [0.05, 0.1) is 25.9 Å². The highest BCUT2D eigenvalue weighted by molar-refractivity contribution is 7.47. The zero-order valence-electron chi connectivity index (χ0n) is 22.9. The van der Waals surface area contributed by atoms with E-state index < -0.39 is 83.5 Å². The molecule has 0 aliphatic carbocycles. The molecular formula is C20H26N10O14P2. The van der Waals surface area contributed by atoms with E-state index in [1.54, 1.807) is 0 Å². The number of hydrogen-bond acceptors (Lipinski definition) is 18. The molecule has 0 bridgehead atoms. The van der Waals surface area contributed by atoms with Gasteiger partial charge in [-0.05, 0) is 0 Å². The number of hydrogen-bond donors (Lipinski definition) is 9. The molecule has 0 spiro atoms. The van der Waals surface area contributed by atoms with Crippen molar-refractivity contribution in [1.82, 2.24) is 39.0 Å². The lowest BCUT2D eigenvalue weighted by Crippen LogP contribution is -2.37. The Morgan fingerprint density at radius 3 is 2.20 bits per heavy atom. The van der Waals surface area contributed by atoms with Crippen LogP contribution in [-0.4, -0.2) is 119 Å². The normalized spacial score (nSPS) is 30.0. The number of H-pyrrole nitrogens is 1. The summed E-state index contributed by atoms with van der Waals surface area (Å²) in [6.45, 7) is -1.77. The Morgan fingerprint density at radius 1 is 0.848 bits per heavy atom. The minimum atomic E-state index is -5.20. The maximum absolute atomic E-state index is 13.0. The average molecular weight is 692 g/mol. The summed E-state index contributed by atoms with van der Waals surface area (Å²) in [5, 5.41) is 32.3. The Bertz CT molecular complexity index is 1910. The third-order valence-corrected chi connectivity index (χ3v) is 8.57. The smallest absolute Gasteiger partial charge is 0.387 e. The molecule has 0 saturated carbocycles. The number of anilines is 2. The summed E-state index contributed by atoms with van der Waals surface area (Å²) in [5.41, 5.74) is 10.7. The summed E-state index contributed by atoms with van der Waals surface area (Å²) in [6, 6.07) is 0. The van der Waals surface area contributed by atoms with Crippen LogP contribution in [0.3, 0.4) is 0 Å². The van der Waals surface area contributed by atoms with Gasteiger partial charge >= 0.3 is 15.6 Å². The number of aliphatic hydroxyl groups is 3. The van der Waals surface area contributed by atoms with Crippen molar-refractivity contribution < 1.29 is 62.2 Å². The topological polar surface area (TPSA) is 361 Å². The maximum Gasteiger partial charge on any atom is 0.472 e. The molecule has 0 radical (unpaired) electrons. The molecule has 2 aliphatic rings. The van der Waals surface area contributed by atoms with Crippen LogP contribution in [0.25, 0.3) is 22.3 Å². The van der Waals surface area contributed by atoms with E-state index in [4.69, 9.17) is 30.0 Å². The van der Waals surface area contributed by atoms with Crippen molar-refractivity contribution in [3.05, 3.63) is 29.3 Å². The Balaban J connectivity index is 1.18. The number of rotatable bonds is 10. The van der Waals surface area contributed by atoms with Gasteiger partial charge in [0.15, 0.2) is 35.1 Å².